The van der Waals surface area contributed by atoms with Gasteiger partial charge in [-0.25, -0.2) is 0 Å². The highest BCUT2D eigenvalue weighted by atomic mass is 79.9. The van der Waals surface area contributed by atoms with Gasteiger partial charge in [0.15, 0.2) is 0 Å². The number of nitrogens with zero attached hydrogens (tertiary/aromatic N) is 1. The van der Waals surface area contributed by atoms with Gasteiger partial charge in [0.2, 0.25) is 0 Å². The summed E-state index contributed by atoms with van der Waals surface area (Å²) in [4.78, 5) is 4.66. The molecule has 1 heterocycles. The van der Waals surface area contributed by atoms with E-state index in [0.717, 1.165) is 27.9 Å². The molecule has 5 rings (SSSR count). The third kappa shape index (κ3) is 4.15. The third-order valence-electron chi connectivity index (χ3n) is 6.20. The summed E-state index contributed by atoms with van der Waals surface area (Å²) in [7, 11) is 0. The van der Waals surface area contributed by atoms with Crippen LogP contribution >= 0.6 is 15.9 Å². The minimum absolute atomic E-state index is 0.307. The number of ether oxygens (including phenoxy) is 1. The number of benzene rings is 3. The summed E-state index contributed by atoms with van der Waals surface area (Å²) in [5, 5.41) is 3.79. The molecule has 0 spiro atoms. The van der Waals surface area contributed by atoms with Crippen LogP contribution in [0.1, 0.15) is 35.1 Å². The van der Waals surface area contributed by atoms with Gasteiger partial charge in [-0.05, 0) is 81.4 Å². The van der Waals surface area contributed by atoms with Gasteiger partial charge in [0.1, 0.15) is 12.4 Å². The molecule has 0 fully saturated rings. The lowest BCUT2D eigenvalue weighted by Gasteiger charge is -2.37. The maximum Gasteiger partial charge on any atom is 0.133 e. The Bertz CT molecular complexity index is 1180. The van der Waals surface area contributed by atoms with Gasteiger partial charge in [0.25, 0.3) is 0 Å². The third-order valence-corrected chi connectivity index (χ3v) is 6.82. The van der Waals surface area contributed by atoms with Crippen LogP contribution < -0.4 is 10.1 Å². The van der Waals surface area contributed by atoms with E-state index in [1.807, 2.05) is 24.4 Å². The van der Waals surface area contributed by atoms with Crippen molar-refractivity contribution in [2.24, 2.45) is 10.9 Å². The van der Waals surface area contributed by atoms with Crippen LogP contribution in [0.3, 0.4) is 0 Å². The molecule has 0 amide bonds. The molecule has 4 heteroatoms. The number of hydrogen-bond donors (Lipinski definition) is 1. The summed E-state index contributed by atoms with van der Waals surface area (Å²) in [6.07, 6.45) is 9.43. The molecule has 3 aromatic rings. The summed E-state index contributed by atoms with van der Waals surface area (Å²) in [5.41, 5.74) is 5.92. The average Bonchev–Trinajstić information content (AvgIpc) is 3.32. The first-order valence-electron chi connectivity index (χ1n) is 10.9. The lowest BCUT2D eigenvalue weighted by Crippen LogP contribution is -2.28. The first-order chi connectivity index (χ1) is 15.7. The number of allylic oxidation sites excluding steroid dienone is 2. The van der Waals surface area contributed by atoms with Crippen molar-refractivity contribution in [3.63, 3.8) is 0 Å². The highest BCUT2D eigenvalue weighted by Crippen LogP contribution is 2.49. The molecule has 0 bridgehead atoms. The molecule has 2 aliphatic rings. The Morgan fingerprint density at radius 1 is 1.09 bits per heavy atom. The number of nitrogens with one attached hydrogen (secondary N) is 1. The normalized spacial score (nSPS) is 21.1. The van der Waals surface area contributed by atoms with Gasteiger partial charge < -0.3 is 10.1 Å². The van der Waals surface area contributed by atoms with Crippen LogP contribution in [0.5, 0.6) is 5.75 Å². The van der Waals surface area contributed by atoms with E-state index in [1.54, 1.807) is 6.08 Å². The Hall–Kier alpha value is -3.11. The number of fused-ring (bicyclic) bond motifs is 3. The Morgan fingerprint density at radius 3 is 2.75 bits per heavy atom. The quantitative estimate of drug-likeness (QED) is 0.288. The zero-order valence-corrected chi connectivity index (χ0v) is 19.3. The van der Waals surface area contributed by atoms with Crippen LogP contribution in [-0.4, -0.2) is 12.8 Å². The molecular formula is C28H25BrN2O. The summed E-state index contributed by atoms with van der Waals surface area (Å²) >= 11 is 3.56. The van der Waals surface area contributed by atoms with Crippen LogP contribution in [0.4, 0.5) is 11.4 Å². The summed E-state index contributed by atoms with van der Waals surface area (Å²) in [6.45, 7) is 4.16. The molecule has 0 saturated heterocycles. The Morgan fingerprint density at radius 2 is 1.94 bits per heavy atom. The van der Waals surface area contributed by atoms with Gasteiger partial charge in [-0.1, -0.05) is 55.1 Å². The van der Waals surface area contributed by atoms with Crippen molar-refractivity contribution in [2.45, 2.75) is 18.4 Å². The minimum Gasteiger partial charge on any atom is -0.488 e. The maximum atomic E-state index is 5.61. The highest BCUT2D eigenvalue weighted by Gasteiger charge is 2.37. The van der Waals surface area contributed by atoms with Crippen molar-refractivity contribution >= 4 is 33.5 Å². The monoisotopic (exact) mass is 484 g/mol. The Labute approximate surface area is 197 Å². The number of hydrogen-bond acceptors (Lipinski definition) is 3. The fourth-order valence-corrected chi connectivity index (χ4v) is 5.16. The van der Waals surface area contributed by atoms with E-state index in [0.29, 0.717) is 24.5 Å². The number of para-hydroxylation sites is 1. The molecule has 0 saturated carbocycles. The van der Waals surface area contributed by atoms with Gasteiger partial charge in [-0.3, -0.25) is 4.99 Å². The zero-order chi connectivity index (χ0) is 21.9. The van der Waals surface area contributed by atoms with Crippen molar-refractivity contribution in [2.75, 3.05) is 11.9 Å². The predicted molar refractivity (Wildman–Crippen MR) is 136 cm³/mol. The van der Waals surface area contributed by atoms with Crippen LogP contribution in [0.15, 0.2) is 101 Å². The smallest absolute Gasteiger partial charge is 0.133 e. The SMILES string of the molecule is C=CCOc1ccc(C=Nc2ccc([C@@H]3Nc4ccccc4[C@@H]4C=CC[C@@H]43)cc2)cc1Br. The Kier molecular flexibility index (Phi) is 5.95. The molecule has 0 unspecified atom stereocenters. The zero-order valence-electron chi connectivity index (χ0n) is 17.7. The van der Waals surface area contributed by atoms with Gasteiger partial charge in [0.05, 0.1) is 16.2 Å². The van der Waals surface area contributed by atoms with Gasteiger partial charge in [-0.2, -0.15) is 0 Å². The molecule has 1 aliphatic heterocycles. The first-order valence-corrected chi connectivity index (χ1v) is 11.7. The van der Waals surface area contributed by atoms with E-state index in [9.17, 15) is 0 Å². The molecule has 3 aromatic carbocycles. The van der Waals surface area contributed by atoms with E-state index in [1.165, 1.54) is 16.8 Å². The van der Waals surface area contributed by atoms with Crippen LogP contribution in [0.25, 0.3) is 0 Å². The van der Waals surface area contributed by atoms with Crippen LogP contribution in [0, 0.1) is 5.92 Å². The molecule has 32 heavy (non-hydrogen) atoms. The fraction of sp³-hybridized carbons (Fsp3) is 0.179. The summed E-state index contributed by atoms with van der Waals surface area (Å²) in [6, 6.07) is 23.5. The summed E-state index contributed by atoms with van der Waals surface area (Å²) in [5.74, 6) is 1.85. The lowest BCUT2D eigenvalue weighted by atomic mass is 9.77. The van der Waals surface area contributed by atoms with E-state index in [-0.39, 0.29) is 0 Å². The standard InChI is InChI=1S/C28H25BrN2O/c1-2-16-32-27-15-10-19(17-25(27)29)18-30-21-13-11-20(12-14-21)28-24-8-5-7-22(24)23-6-3-4-9-26(23)31-28/h2-7,9-15,17-18,22,24,28,31H,1,8,16H2/t22-,24-,28-/m0/s1. The molecule has 0 radical (unpaired) electrons. The predicted octanol–water partition coefficient (Wildman–Crippen LogP) is 7.59. The van der Waals surface area contributed by atoms with Crippen LogP contribution in [-0.2, 0) is 0 Å². The first kappa shape index (κ1) is 20.8. The van der Waals surface area contributed by atoms with Crippen molar-refractivity contribution in [3.05, 3.63) is 113 Å². The van der Waals surface area contributed by atoms with Crippen LogP contribution in [0.2, 0.25) is 0 Å². The van der Waals surface area contributed by atoms with E-state index < -0.39 is 0 Å². The van der Waals surface area contributed by atoms with Gasteiger partial charge >= 0.3 is 0 Å². The van der Waals surface area contributed by atoms with Crippen molar-refractivity contribution in [3.8, 4) is 5.75 Å². The molecule has 1 aliphatic carbocycles. The molecular weight excluding hydrogens is 460 g/mol. The number of aliphatic imine (C=N–C) groups is 1. The lowest BCUT2D eigenvalue weighted by molar-refractivity contribution is 0.361. The van der Waals surface area contributed by atoms with Crippen molar-refractivity contribution in [1.82, 2.24) is 0 Å². The fourth-order valence-electron chi connectivity index (χ4n) is 4.65. The molecule has 3 atom stereocenters. The van der Waals surface area contributed by atoms with E-state index in [2.05, 4.69) is 93.5 Å². The molecule has 1 N–H and O–H groups in total. The van der Waals surface area contributed by atoms with Gasteiger partial charge in [-0.15, -0.1) is 0 Å². The maximum absolute atomic E-state index is 5.61. The molecule has 3 nitrogen and oxygen atoms in total. The second-order valence-electron chi connectivity index (χ2n) is 8.20. The van der Waals surface area contributed by atoms with Crippen molar-refractivity contribution < 1.29 is 4.74 Å². The Balaban J connectivity index is 1.32. The summed E-state index contributed by atoms with van der Waals surface area (Å²) < 4.78 is 6.51. The highest BCUT2D eigenvalue weighted by molar-refractivity contribution is 9.10. The average molecular weight is 485 g/mol. The number of anilines is 1. The molecule has 160 valence electrons. The largest absolute Gasteiger partial charge is 0.488 e. The van der Waals surface area contributed by atoms with E-state index in [4.69, 9.17) is 4.74 Å². The second kappa shape index (κ2) is 9.17. The topological polar surface area (TPSA) is 33.6 Å². The minimum atomic E-state index is 0.307. The van der Waals surface area contributed by atoms with E-state index >= 15 is 0 Å². The number of halogens is 1. The number of rotatable bonds is 6. The molecule has 0 aromatic heterocycles. The second-order valence-corrected chi connectivity index (χ2v) is 9.06. The van der Waals surface area contributed by atoms with Crippen molar-refractivity contribution in [1.29, 1.82) is 0 Å². The van der Waals surface area contributed by atoms with Gasteiger partial charge in [0, 0.05) is 17.8 Å².